The van der Waals surface area contributed by atoms with Crippen molar-refractivity contribution in [3.63, 3.8) is 0 Å². The van der Waals surface area contributed by atoms with Crippen molar-refractivity contribution in [1.82, 2.24) is 14.9 Å². The Morgan fingerprint density at radius 2 is 1.58 bits per heavy atom. The lowest BCUT2D eigenvalue weighted by molar-refractivity contribution is 0.272. The second-order valence-corrected chi connectivity index (χ2v) is 8.90. The Labute approximate surface area is 193 Å². The number of rotatable bonds is 9. The van der Waals surface area contributed by atoms with Crippen LogP contribution in [0.5, 0.6) is 5.75 Å². The lowest BCUT2D eigenvalue weighted by atomic mass is 10.1. The normalized spacial score (nSPS) is 12.3. The number of anilines is 1. The van der Waals surface area contributed by atoms with Crippen LogP contribution in [0.1, 0.15) is 33.6 Å². The minimum absolute atomic E-state index is 0.370. The van der Waals surface area contributed by atoms with E-state index in [-0.39, 0.29) is 0 Å². The highest BCUT2D eigenvalue weighted by atomic mass is 31.2. The number of hydrogen-bond donors (Lipinski definition) is 7. The van der Waals surface area contributed by atoms with Crippen LogP contribution < -0.4 is 10.1 Å². The highest BCUT2D eigenvalue weighted by Crippen LogP contribution is 2.26. The lowest BCUT2D eigenvalue weighted by Gasteiger charge is -2.20. The molecule has 0 radical (unpaired) electrons. The molecule has 2 aromatic rings. The standard InChI is InChI=1S/C18H28N4O.2H3O4P/c1-5-22(6-2)11-7-8-14(3)21-18-16-12-15(23-4)9-10-17(16)19-13-20-18;2*1-5(2,3)4/h9-10,12-14H,5-8,11H2,1-4H3,(H,19,20,21);2*(H3,1,2,3,4). The third-order valence-corrected chi connectivity index (χ3v) is 4.23. The van der Waals surface area contributed by atoms with Crippen LogP contribution in [0.25, 0.3) is 10.9 Å². The summed E-state index contributed by atoms with van der Waals surface area (Å²) in [5.41, 5.74) is 0.929. The Kier molecular flexibility index (Phi) is 14.5. The van der Waals surface area contributed by atoms with Gasteiger partial charge in [0.15, 0.2) is 0 Å². The molecule has 1 aromatic heterocycles. The summed E-state index contributed by atoms with van der Waals surface area (Å²) in [6, 6.07) is 6.24. The van der Waals surface area contributed by atoms with Gasteiger partial charge in [-0.25, -0.2) is 19.1 Å². The number of hydrogen-bond acceptors (Lipinski definition) is 7. The lowest BCUT2D eigenvalue weighted by Crippen LogP contribution is -2.25. The molecule has 0 spiro atoms. The molecular weight excluding hydrogens is 478 g/mol. The average Bonchev–Trinajstić information content (AvgIpc) is 2.68. The van der Waals surface area contributed by atoms with Crippen molar-refractivity contribution in [2.24, 2.45) is 0 Å². The summed E-state index contributed by atoms with van der Waals surface area (Å²) in [6.07, 6.45) is 3.91. The molecular formula is C18H34N4O9P2. The van der Waals surface area contributed by atoms with E-state index >= 15 is 0 Å². The maximum atomic E-state index is 8.88. The number of phosphoric acid groups is 2. The molecule has 15 heteroatoms. The fourth-order valence-electron chi connectivity index (χ4n) is 2.74. The molecule has 0 saturated heterocycles. The number of ether oxygens (including phenoxy) is 1. The molecule has 1 heterocycles. The van der Waals surface area contributed by atoms with E-state index < -0.39 is 15.6 Å². The molecule has 7 N–H and O–H groups in total. The van der Waals surface area contributed by atoms with E-state index in [2.05, 4.69) is 41.0 Å². The molecule has 1 atom stereocenters. The quantitative estimate of drug-likeness (QED) is 0.239. The van der Waals surface area contributed by atoms with Crippen LogP contribution in [0.2, 0.25) is 0 Å². The second kappa shape index (κ2) is 15.3. The summed E-state index contributed by atoms with van der Waals surface area (Å²) in [7, 11) is -7.60. The van der Waals surface area contributed by atoms with Gasteiger partial charge in [0.25, 0.3) is 0 Å². The van der Waals surface area contributed by atoms with E-state index in [1.165, 1.54) is 6.42 Å². The molecule has 0 aliphatic carbocycles. The Morgan fingerprint density at radius 1 is 1.03 bits per heavy atom. The first kappa shape index (κ1) is 31.3. The van der Waals surface area contributed by atoms with Gasteiger partial charge in [-0.3, -0.25) is 0 Å². The van der Waals surface area contributed by atoms with Crippen molar-refractivity contribution in [3.05, 3.63) is 24.5 Å². The number of nitrogens with one attached hydrogen (secondary N) is 1. The second-order valence-electron chi connectivity index (χ2n) is 6.85. The molecule has 190 valence electrons. The minimum Gasteiger partial charge on any atom is -0.497 e. The van der Waals surface area contributed by atoms with Crippen LogP contribution in [0.4, 0.5) is 5.82 Å². The van der Waals surface area contributed by atoms with Crippen LogP contribution in [0.15, 0.2) is 24.5 Å². The zero-order valence-corrected chi connectivity index (χ0v) is 20.9. The Bertz CT molecular complexity index is 882. The number of aromatic nitrogens is 2. The van der Waals surface area contributed by atoms with E-state index in [1.54, 1.807) is 13.4 Å². The van der Waals surface area contributed by atoms with Crippen LogP contribution >= 0.6 is 15.6 Å². The SMILES string of the molecule is CCN(CC)CCCC(C)Nc1ncnc2ccc(OC)cc12.O=P(O)(O)O.O=P(O)(O)O. The average molecular weight is 512 g/mol. The molecule has 1 aromatic carbocycles. The molecule has 0 amide bonds. The maximum absolute atomic E-state index is 8.88. The van der Waals surface area contributed by atoms with E-state index in [9.17, 15) is 0 Å². The van der Waals surface area contributed by atoms with Gasteiger partial charge in [0, 0.05) is 11.4 Å². The monoisotopic (exact) mass is 512 g/mol. The molecule has 1 unspecified atom stereocenters. The molecule has 2 rings (SSSR count). The zero-order valence-electron chi connectivity index (χ0n) is 19.1. The van der Waals surface area contributed by atoms with Crippen molar-refractivity contribution in [2.75, 3.05) is 32.1 Å². The topological polar surface area (TPSA) is 206 Å². The van der Waals surface area contributed by atoms with Gasteiger partial charge in [-0.15, -0.1) is 0 Å². The van der Waals surface area contributed by atoms with Crippen molar-refractivity contribution < 1.29 is 43.2 Å². The predicted molar refractivity (Wildman–Crippen MR) is 125 cm³/mol. The number of nitrogens with zero attached hydrogens (tertiary/aromatic N) is 3. The van der Waals surface area contributed by atoms with Gasteiger partial charge < -0.3 is 44.3 Å². The summed E-state index contributed by atoms with van der Waals surface area (Å²) >= 11 is 0. The molecule has 0 fully saturated rings. The van der Waals surface area contributed by atoms with Gasteiger partial charge in [0.1, 0.15) is 17.9 Å². The summed E-state index contributed by atoms with van der Waals surface area (Å²) < 4.78 is 23.1. The summed E-state index contributed by atoms with van der Waals surface area (Å²) in [5, 5.41) is 4.52. The zero-order chi connectivity index (χ0) is 25.7. The van der Waals surface area contributed by atoms with Gasteiger partial charge in [0.2, 0.25) is 0 Å². The fraction of sp³-hybridized carbons (Fsp3) is 0.556. The first-order valence-corrected chi connectivity index (χ1v) is 13.1. The number of benzene rings is 1. The summed E-state index contributed by atoms with van der Waals surface area (Å²) in [6.45, 7) is 10.0. The first-order valence-electron chi connectivity index (χ1n) is 10.0. The van der Waals surface area contributed by atoms with Gasteiger partial charge in [0.05, 0.1) is 12.6 Å². The van der Waals surface area contributed by atoms with E-state index in [0.29, 0.717) is 6.04 Å². The highest BCUT2D eigenvalue weighted by molar-refractivity contribution is 7.45. The van der Waals surface area contributed by atoms with E-state index in [4.69, 9.17) is 43.2 Å². The Hall–Kier alpha value is -1.66. The van der Waals surface area contributed by atoms with Crippen molar-refractivity contribution >= 4 is 32.4 Å². The molecule has 0 aliphatic heterocycles. The van der Waals surface area contributed by atoms with Gasteiger partial charge in [-0.05, 0) is 57.6 Å². The molecule has 0 saturated carbocycles. The van der Waals surface area contributed by atoms with Gasteiger partial charge >= 0.3 is 15.6 Å². The Balaban J connectivity index is 0.000000859. The first-order chi connectivity index (χ1) is 15.2. The van der Waals surface area contributed by atoms with Crippen LogP contribution in [-0.2, 0) is 9.13 Å². The summed E-state index contributed by atoms with van der Waals surface area (Å²) in [4.78, 5) is 54.3. The predicted octanol–water partition coefficient (Wildman–Crippen LogP) is 1.70. The largest absolute Gasteiger partial charge is 0.497 e. The summed E-state index contributed by atoms with van der Waals surface area (Å²) in [5.74, 6) is 1.70. The molecule has 33 heavy (non-hydrogen) atoms. The smallest absolute Gasteiger partial charge is 0.466 e. The minimum atomic E-state index is -4.64. The Morgan fingerprint density at radius 3 is 2.06 bits per heavy atom. The van der Waals surface area contributed by atoms with Crippen LogP contribution in [0, 0.1) is 0 Å². The van der Waals surface area contributed by atoms with Crippen LogP contribution in [-0.4, -0.2) is 77.0 Å². The number of methoxy groups -OCH3 is 1. The third kappa shape index (κ3) is 17.5. The molecule has 0 bridgehead atoms. The number of fused-ring (bicyclic) bond motifs is 1. The molecule has 13 nitrogen and oxygen atoms in total. The van der Waals surface area contributed by atoms with Gasteiger partial charge in [-0.2, -0.15) is 0 Å². The maximum Gasteiger partial charge on any atom is 0.466 e. The van der Waals surface area contributed by atoms with E-state index in [0.717, 1.165) is 48.5 Å². The van der Waals surface area contributed by atoms with Gasteiger partial charge in [-0.1, -0.05) is 13.8 Å². The van der Waals surface area contributed by atoms with Crippen LogP contribution in [0.3, 0.4) is 0 Å². The van der Waals surface area contributed by atoms with E-state index in [1.807, 2.05) is 18.2 Å². The molecule has 0 aliphatic rings. The van der Waals surface area contributed by atoms with Crippen molar-refractivity contribution in [2.45, 2.75) is 39.7 Å². The highest BCUT2D eigenvalue weighted by Gasteiger charge is 2.09. The fourth-order valence-corrected chi connectivity index (χ4v) is 2.74. The third-order valence-electron chi connectivity index (χ3n) is 4.23. The van der Waals surface area contributed by atoms with Crippen molar-refractivity contribution in [1.29, 1.82) is 0 Å². The van der Waals surface area contributed by atoms with Crippen molar-refractivity contribution in [3.8, 4) is 5.75 Å².